The number of aliphatic carboxylic acids is 2. The van der Waals surface area contributed by atoms with Crippen LogP contribution in [0.3, 0.4) is 0 Å². The number of hydrogen-bond donors (Lipinski definition) is 4. The Bertz CT molecular complexity index is 1250. The lowest BCUT2D eigenvalue weighted by molar-refractivity contribution is -0.167. The van der Waals surface area contributed by atoms with E-state index in [0.29, 0.717) is 17.5 Å². The third-order valence-electron chi connectivity index (χ3n) is 7.99. The van der Waals surface area contributed by atoms with Gasteiger partial charge in [-0.1, -0.05) is 42.3 Å². The number of aliphatic hydroxyl groups is 1. The molecule has 5 rings (SSSR count). The highest BCUT2D eigenvalue weighted by molar-refractivity contribution is 5.90. The molecule has 2 aliphatic carbocycles. The molecule has 1 saturated heterocycles. The zero-order valence-electron chi connectivity index (χ0n) is 22.0. The number of hydrogen-bond acceptors (Lipinski definition) is 7. The first-order valence-corrected chi connectivity index (χ1v) is 13.1. The molecule has 2 aromatic rings. The summed E-state index contributed by atoms with van der Waals surface area (Å²) in [6, 6.07) is 12.5. The second kappa shape index (κ2) is 12.1. The molecule has 3 aliphatic rings. The fraction of sp³-hybridized carbons (Fsp3) is 0.448. The van der Waals surface area contributed by atoms with E-state index in [1.54, 1.807) is 6.20 Å². The summed E-state index contributed by atoms with van der Waals surface area (Å²) in [5.74, 6) is -2.55. The highest BCUT2D eigenvalue weighted by Gasteiger charge is 2.53. The van der Waals surface area contributed by atoms with E-state index in [1.807, 2.05) is 19.2 Å². The number of benzene rings is 1. The number of primary amides is 1. The van der Waals surface area contributed by atoms with Crippen LogP contribution in [0.1, 0.15) is 52.9 Å². The van der Waals surface area contributed by atoms with Gasteiger partial charge in [0.2, 0.25) is 0 Å². The number of aliphatic hydroxyl groups excluding tert-OH is 1. The first kappa shape index (κ1) is 28.4. The van der Waals surface area contributed by atoms with E-state index in [0.717, 1.165) is 44.5 Å². The molecule has 0 radical (unpaired) electrons. The van der Waals surface area contributed by atoms with E-state index in [2.05, 4.69) is 40.2 Å². The van der Waals surface area contributed by atoms with Crippen molar-refractivity contribution < 1.29 is 34.4 Å². The predicted octanol–water partition coefficient (Wildman–Crippen LogP) is 2.30. The molecule has 2 fully saturated rings. The fourth-order valence-electron chi connectivity index (χ4n) is 6.38. The summed E-state index contributed by atoms with van der Waals surface area (Å²) in [6.07, 6.45) is 6.07. The maximum Gasteiger partial charge on any atom is 0.333 e. The van der Waals surface area contributed by atoms with Gasteiger partial charge in [0.1, 0.15) is 11.3 Å². The number of rotatable bonds is 8. The molecule has 2 bridgehead atoms. The molecular weight excluding hydrogens is 502 g/mol. The number of nitrogens with two attached hydrogens (primary N) is 1. The molecule has 1 aromatic heterocycles. The van der Waals surface area contributed by atoms with E-state index in [1.165, 1.54) is 23.1 Å². The van der Waals surface area contributed by atoms with Crippen LogP contribution in [-0.2, 0) is 26.3 Å². The number of nitrogens with zero attached hydrogens (tertiary/aromatic N) is 2. The van der Waals surface area contributed by atoms with Gasteiger partial charge in [-0.05, 0) is 48.1 Å². The minimum atomic E-state index is -1.79. The van der Waals surface area contributed by atoms with Gasteiger partial charge in [-0.25, -0.2) is 4.79 Å². The molecule has 2 unspecified atom stereocenters. The Balaban J connectivity index is 0.000000340. The summed E-state index contributed by atoms with van der Waals surface area (Å²) in [7, 11) is 1.82. The number of pyridine rings is 1. The molecule has 39 heavy (non-hydrogen) atoms. The summed E-state index contributed by atoms with van der Waals surface area (Å²) < 4.78 is 6.31. The van der Waals surface area contributed by atoms with Gasteiger partial charge in [-0.3, -0.25) is 19.5 Å². The van der Waals surface area contributed by atoms with E-state index in [4.69, 9.17) is 25.8 Å². The Morgan fingerprint density at radius 2 is 1.85 bits per heavy atom. The maximum atomic E-state index is 11.7. The fourth-order valence-corrected chi connectivity index (χ4v) is 6.38. The number of likely N-dealkylation sites (tertiary alicyclic amines) is 1. The van der Waals surface area contributed by atoms with Crippen LogP contribution in [0, 0.1) is 11.8 Å². The molecule has 1 aromatic carbocycles. The number of fused-ring (bicyclic) bond motifs is 3. The third-order valence-corrected chi connectivity index (χ3v) is 7.99. The zero-order chi connectivity index (χ0) is 28.2. The van der Waals surface area contributed by atoms with Gasteiger partial charge >= 0.3 is 11.9 Å². The molecule has 1 amide bonds. The van der Waals surface area contributed by atoms with Crippen LogP contribution in [0.2, 0.25) is 0 Å². The molecular formula is C29H35N3O7. The molecule has 1 aliphatic heterocycles. The Kier molecular flexibility index (Phi) is 8.79. The third kappa shape index (κ3) is 6.19. The van der Waals surface area contributed by atoms with E-state index in [-0.39, 0.29) is 5.60 Å². The van der Waals surface area contributed by atoms with Crippen LogP contribution in [0.4, 0.5) is 0 Å². The lowest BCUT2D eigenvalue weighted by Crippen LogP contribution is -2.59. The van der Waals surface area contributed by atoms with Crippen molar-refractivity contribution in [1.82, 2.24) is 9.88 Å². The SMILES string of the molecule is COC1(c2ccnc(C(N)=O)c2)C2CCCC1CN(CC1=Cc3ccccc3C1)C2.O=C(O)C[C@H](O)C(=O)O. The Labute approximate surface area is 227 Å². The second-order valence-electron chi connectivity index (χ2n) is 10.4. The van der Waals surface area contributed by atoms with Crippen molar-refractivity contribution in [2.45, 2.75) is 43.8 Å². The van der Waals surface area contributed by atoms with E-state index >= 15 is 0 Å². The van der Waals surface area contributed by atoms with E-state index in [9.17, 15) is 14.4 Å². The molecule has 2 heterocycles. The van der Waals surface area contributed by atoms with Crippen LogP contribution < -0.4 is 5.73 Å². The number of carbonyl (C=O) groups excluding carboxylic acids is 1. The van der Waals surface area contributed by atoms with Crippen LogP contribution in [0.25, 0.3) is 6.08 Å². The standard InChI is InChI=1S/C25H29N3O2.C4H6O5/c1-30-25(20-9-10-27-23(13-20)24(26)29)21-7-4-8-22(25)16-28(15-21)14-17-11-18-5-2-3-6-19(18)12-17;5-2(4(8)9)1-3(6)7/h2-3,5-6,9-11,13,21-22H,4,7-8,12,14-16H2,1H3,(H2,26,29);2,5H,1H2,(H,6,7)(H,8,9)/t;2-/m.0/s1. The predicted molar refractivity (Wildman–Crippen MR) is 143 cm³/mol. The normalized spacial score (nSPS) is 24.5. The van der Waals surface area contributed by atoms with E-state index < -0.39 is 30.4 Å². The summed E-state index contributed by atoms with van der Waals surface area (Å²) in [5, 5.41) is 24.1. The second-order valence-corrected chi connectivity index (χ2v) is 10.4. The molecule has 10 nitrogen and oxygen atoms in total. The van der Waals surface area contributed by atoms with Gasteiger partial charge in [0.05, 0.1) is 6.42 Å². The average Bonchev–Trinajstić information content (AvgIpc) is 3.30. The maximum absolute atomic E-state index is 11.7. The van der Waals surface area contributed by atoms with Crippen LogP contribution >= 0.6 is 0 Å². The molecule has 5 N–H and O–H groups in total. The van der Waals surface area contributed by atoms with Crippen molar-refractivity contribution >= 4 is 23.9 Å². The molecule has 1 saturated carbocycles. The number of aromatic nitrogens is 1. The lowest BCUT2D eigenvalue weighted by atomic mass is 9.62. The number of piperidine rings is 1. The highest BCUT2D eigenvalue weighted by Crippen LogP contribution is 2.51. The van der Waals surface area contributed by atoms with Gasteiger partial charge in [-0.2, -0.15) is 0 Å². The highest BCUT2D eigenvalue weighted by atomic mass is 16.5. The van der Waals surface area contributed by atoms with Crippen molar-refractivity contribution in [2.75, 3.05) is 26.7 Å². The zero-order valence-corrected chi connectivity index (χ0v) is 22.0. The first-order chi connectivity index (χ1) is 18.6. The number of carboxylic acids is 2. The van der Waals surface area contributed by atoms with Crippen molar-refractivity contribution in [2.24, 2.45) is 17.6 Å². The Morgan fingerprint density at radius 1 is 1.15 bits per heavy atom. The van der Waals surface area contributed by atoms with Gasteiger partial charge < -0.3 is 25.8 Å². The van der Waals surface area contributed by atoms with Crippen LogP contribution in [0.15, 0.2) is 48.2 Å². The number of carboxylic acid groups (broad SMARTS) is 2. The molecule has 0 spiro atoms. The van der Waals surface area contributed by atoms with Crippen molar-refractivity contribution in [3.8, 4) is 0 Å². The molecule has 10 heteroatoms. The van der Waals surface area contributed by atoms with Crippen molar-refractivity contribution in [1.29, 1.82) is 0 Å². The van der Waals surface area contributed by atoms with Crippen molar-refractivity contribution in [3.63, 3.8) is 0 Å². The van der Waals surface area contributed by atoms with Gasteiger partial charge in [0.25, 0.3) is 5.91 Å². The average molecular weight is 538 g/mol. The Hall–Kier alpha value is -3.60. The Morgan fingerprint density at radius 3 is 2.41 bits per heavy atom. The topological polar surface area (TPSA) is 163 Å². The quantitative estimate of drug-likeness (QED) is 0.396. The van der Waals surface area contributed by atoms with Gasteiger partial charge in [0, 0.05) is 44.8 Å². The first-order valence-electron chi connectivity index (χ1n) is 13.1. The van der Waals surface area contributed by atoms with Crippen LogP contribution in [-0.4, -0.2) is 75.9 Å². The largest absolute Gasteiger partial charge is 0.481 e. The summed E-state index contributed by atoms with van der Waals surface area (Å²) in [5.41, 5.74) is 10.8. The monoisotopic (exact) mass is 537 g/mol. The van der Waals surface area contributed by atoms with Gasteiger partial charge in [-0.15, -0.1) is 0 Å². The van der Waals surface area contributed by atoms with Gasteiger partial charge in [0.15, 0.2) is 6.10 Å². The molecule has 208 valence electrons. The summed E-state index contributed by atoms with van der Waals surface area (Å²) in [6.45, 7) is 3.03. The number of carbonyl (C=O) groups is 3. The number of methoxy groups -OCH3 is 1. The smallest absolute Gasteiger partial charge is 0.333 e. The number of amides is 1. The summed E-state index contributed by atoms with van der Waals surface area (Å²) in [4.78, 5) is 37.9. The van der Waals surface area contributed by atoms with Crippen LogP contribution in [0.5, 0.6) is 0 Å². The number of ether oxygens (including phenoxy) is 1. The minimum absolute atomic E-state index is 0.318. The van der Waals surface area contributed by atoms with Crippen molar-refractivity contribution in [3.05, 3.63) is 70.6 Å². The molecule has 3 atom stereocenters. The summed E-state index contributed by atoms with van der Waals surface area (Å²) >= 11 is 0. The lowest BCUT2D eigenvalue weighted by Gasteiger charge is -2.55. The minimum Gasteiger partial charge on any atom is -0.481 e.